The maximum absolute atomic E-state index is 11.7. The van der Waals surface area contributed by atoms with Gasteiger partial charge in [0.2, 0.25) is 17.7 Å². The van der Waals surface area contributed by atoms with Gasteiger partial charge < -0.3 is 10.2 Å². The van der Waals surface area contributed by atoms with Gasteiger partial charge in [0.1, 0.15) is 0 Å². The summed E-state index contributed by atoms with van der Waals surface area (Å²) in [6, 6.07) is 0. The van der Waals surface area contributed by atoms with Crippen LogP contribution in [0.2, 0.25) is 0 Å². The van der Waals surface area contributed by atoms with E-state index in [9.17, 15) is 14.4 Å². The van der Waals surface area contributed by atoms with Gasteiger partial charge >= 0.3 is 0 Å². The number of likely N-dealkylation sites (tertiary alicyclic amines) is 2. The highest BCUT2D eigenvalue weighted by atomic mass is 16.2. The molecule has 2 heterocycles. The molecule has 6 nitrogen and oxygen atoms in total. The molecule has 0 spiro atoms. The van der Waals surface area contributed by atoms with Gasteiger partial charge in [-0.3, -0.25) is 19.3 Å². The Hall–Kier alpha value is -1.43. The van der Waals surface area contributed by atoms with Crippen LogP contribution in [-0.2, 0) is 14.4 Å². The van der Waals surface area contributed by atoms with Crippen molar-refractivity contribution in [3.63, 3.8) is 0 Å². The molecule has 0 aromatic rings. The summed E-state index contributed by atoms with van der Waals surface area (Å²) in [6.45, 7) is 6.52. The van der Waals surface area contributed by atoms with Crippen molar-refractivity contribution in [2.75, 3.05) is 32.7 Å². The van der Waals surface area contributed by atoms with E-state index < -0.39 is 0 Å². The van der Waals surface area contributed by atoms with Crippen molar-refractivity contribution in [3.8, 4) is 0 Å². The molecule has 2 aliphatic rings. The summed E-state index contributed by atoms with van der Waals surface area (Å²) in [5, 5.41) is 2.87. The van der Waals surface area contributed by atoms with Crippen LogP contribution in [0.5, 0.6) is 0 Å². The van der Waals surface area contributed by atoms with E-state index in [2.05, 4.69) is 17.1 Å². The molecule has 0 unspecified atom stereocenters. The Balaban J connectivity index is 1.52. The van der Waals surface area contributed by atoms with Crippen molar-refractivity contribution in [1.29, 1.82) is 0 Å². The van der Waals surface area contributed by atoms with Crippen LogP contribution in [0.25, 0.3) is 0 Å². The molecular weight excluding hydrogens is 282 g/mol. The Morgan fingerprint density at radius 2 is 1.77 bits per heavy atom. The smallest absolute Gasteiger partial charge is 0.229 e. The lowest BCUT2D eigenvalue weighted by Gasteiger charge is -2.30. The number of carbonyl (C=O) groups is 3. The van der Waals surface area contributed by atoms with Gasteiger partial charge in [-0.2, -0.15) is 0 Å². The lowest BCUT2D eigenvalue weighted by molar-refractivity contribution is -0.138. The summed E-state index contributed by atoms with van der Waals surface area (Å²) in [7, 11) is 0. The third-order valence-electron chi connectivity index (χ3n) is 4.57. The number of carbonyl (C=O) groups excluding carboxylic acids is 3. The Kier molecular flexibility index (Phi) is 6.36. The van der Waals surface area contributed by atoms with Gasteiger partial charge in [-0.1, -0.05) is 6.92 Å². The predicted octanol–water partition coefficient (Wildman–Crippen LogP) is 0.764. The molecule has 0 aliphatic carbocycles. The Morgan fingerprint density at radius 3 is 2.41 bits per heavy atom. The van der Waals surface area contributed by atoms with Gasteiger partial charge in [-0.15, -0.1) is 0 Å². The van der Waals surface area contributed by atoms with E-state index in [1.807, 2.05) is 0 Å². The van der Waals surface area contributed by atoms with E-state index in [1.54, 1.807) is 0 Å². The molecular formula is C16H27N3O3. The van der Waals surface area contributed by atoms with Crippen LogP contribution in [-0.4, -0.2) is 60.2 Å². The van der Waals surface area contributed by atoms with Gasteiger partial charge in [-0.25, -0.2) is 0 Å². The summed E-state index contributed by atoms with van der Waals surface area (Å²) in [5.74, 6) is 0.445. The summed E-state index contributed by atoms with van der Waals surface area (Å²) < 4.78 is 0. The molecule has 0 aromatic heterocycles. The average molecular weight is 309 g/mol. The van der Waals surface area contributed by atoms with Crippen LogP contribution in [0, 0.1) is 5.92 Å². The van der Waals surface area contributed by atoms with Gasteiger partial charge in [0, 0.05) is 32.4 Å². The molecule has 0 atom stereocenters. The van der Waals surface area contributed by atoms with Gasteiger partial charge in [0.15, 0.2) is 0 Å². The maximum atomic E-state index is 11.7. The van der Waals surface area contributed by atoms with Crippen LogP contribution in [0.4, 0.5) is 0 Å². The molecule has 6 heteroatoms. The predicted molar refractivity (Wildman–Crippen MR) is 83.0 cm³/mol. The van der Waals surface area contributed by atoms with E-state index in [1.165, 1.54) is 17.7 Å². The van der Waals surface area contributed by atoms with E-state index in [4.69, 9.17) is 0 Å². The first-order chi connectivity index (χ1) is 10.6. The molecule has 0 radical (unpaired) electrons. The standard InChI is InChI=1S/C16H27N3O3/c1-13-5-10-18(11-6-13)9-2-8-17-14(20)7-12-19-15(21)3-4-16(19)22/h13H,2-12H2,1H3,(H,17,20). The van der Waals surface area contributed by atoms with Crippen LogP contribution in [0.1, 0.15) is 45.4 Å². The topological polar surface area (TPSA) is 69.7 Å². The van der Waals surface area contributed by atoms with Crippen LogP contribution < -0.4 is 5.32 Å². The summed E-state index contributed by atoms with van der Waals surface area (Å²) in [4.78, 5) is 38.2. The van der Waals surface area contributed by atoms with Crippen molar-refractivity contribution in [2.45, 2.75) is 45.4 Å². The molecule has 0 saturated carbocycles. The first-order valence-corrected chi connectivity index (χ1v) is 8.38. The summed E-state index contributed by atoms with van der Waals surface area (Å²) in [6.07, 6.45) is 4.26. The summed E-state index contributed by atoms with van der Waals surface area (Å²) in [5.41, 5.74) is 0. The lowest BCUT2D eigenvalue weighted by Crippen LogP contribution is -2.36. The van der Waals surface area contributed by atoms with Gasteiger partial charge in [0.05, 0.1) is 0 Å². The third-order valence-corrected chi connectivity index (χ3v) is 4.57. The van der Waals surface area contributed by atoms with E-state index in [0.717, 1.165) is 32.0 Å². The SMILES string of the molecule is CC1CCN(CCCNC(=O)CCN2C(=O)CCC2=O)CC1. The normalized spacial score (nSPS) is 20.7. The second-order valence-corrected chi connectivity index (χ2v) is 6.42. The number of amides is 3. The minimum absolute atomic E-state index is 0.0835. The first-order valence-electron chi connectivity index (χ1n) is 8.38. The molecule has 2 rings (SSSR count). The molecule has 3 amide bonds. The zero-order valence-electron chi connectivity index (χ0n) is 13.5. The van der Waals surface area contributed by atoms with Crippen LogP contribution >= 0.6 is 0 Å². The minimum Gasteiger partial charge on any atom is -0.356 e. The average Bonchev–Trinajstić information content (AvgIpc) is 2.82. The maximum Gasteiger partial charge on any atom is 0.229 e. The van der Waals surface area contributed by atoms with Crippen molar-refractivity contribution in [2.24, 2.45) is 5.92 Å². The summed E-state index contributed by atoms with van der Waals surface area (Å²) >= 11 is 0. The van der Waals surface area contributed by atoms with Gasteiger partial charge in [-0.05, 0) is 44.8 Å². The fourth-order valence-corrected chi connectivity index (χ4v) is 2.99. The molecule has 22 heavy (non-hydrogen) atoms. The highest BCUT2D eigenvalue weighted by Gasteiger charge is 2.28. The Morgan fingerprint density at radius 1 is 1.14 bits per heavy atom. The van der Waals surface area contributed by atoms with Crippen molar-refractivity contribution in [3.05, 3.63) is 0 Å². The van der Waals surface area contributed by atoms with Crippen molar-refractivity contribution < 1.29 is 14.4 Å². The highest BCUT2D eigenvalue weighted by Crippen LogP contribution is 2.15. The minimum atomic E-state index is -0.155. The molecule has 0 aromatic carbocycles. The molecule has 2 saturated heterocycles. The van der Waals surface area contributed by atoms with Crippen LogP contribution in [0.3, 0.4) is 0 Å². The number of hydrogen-bond acceptors (Lipinski definition) is 4. The van der Waals surface area contributed by atoms with Crippen LogP contribution in [0.15, 0.2) is 0 Å². The zero-order chi connectivity index (χ0) is 15.9. The Labute approximate surface area is 132 Å². The number of imide groups is 1. The fraction of sp³-hybridized carbons (Fsp3) is 0.812. The quantitative estimate of drug-likeness (QED) is 0.557. The number of hydrogen-bond donors (Lipinski definition) is 1. The highest BCUT2D eigenvalue weighted by molar-refractivity contribution is 6.02. The fourth-order valence-electron chi connectivity index (χ4n) is 2.99. The van der Waals surface area contributed by atoms with Crippen molar-refractivity contribution in [1.82, 2.24) is 15.1 Å². The number of rotatable bonds is 7. The second kappa shape index (κ2) is 8.27. The van der Waals surface area contributed by atoms with E-state index >= 15 is 0 Å². The van der Waals surface area contributed by atoms with Gasteiger partial charge in [0.25, 0.3) is 0 Å². The monoisotopic (exact) mass is 309 g/mol. The number of nitrogens with zero attached hydrogens (tertiary/aromatic N) is 2. The Bertz CT molecular complexity index is 401. The number of nitrogens with one attached hydrogen (secondary N) is 1. The van der Waals surface area contributed by atoms with E-state index in [0.29, 0.717) is 6.54 Å². The lowest BCUT2D eigenvalue weighted by atomic mass is 9.99. The largest absolute Gasteiger partial charge is 0.356 e. The molecule has 124 valence electrons. The first kappa shape index (κ1) is 16.9. The molecule has 1 N–H and O–H groups in total. The third kappa shape index (κ3) is 5.09. The molecule has 0 bridgehead atoms. The van der Waals surface area contributed by atoms with Crippen molar-refractivity contribution >= 4 is 17.7 Å². The molecule has 2 aliphatic heterocycles. The second-order valence-electron chi connectivity index (χ2n) is 6.42. The molecule has 2 fully saturated rings. The van der Waals surface area contributed by atoms with E-state index in [-0.39, 0.29) is 43.5 Å². The number of piperidine rings is 1. The zero-order valence-corrected chi connectivity index (χ0v) is 13.5.